The highest BCUT2D eigenvalue weighted by atomic mass is 35.5. The van der Waals surface area contributed by atoms with Gasteiger partial charge >= 0.3 is 0 Å². The molecule has 0 saturated carbocycles. The molecule has 4 heteroatoms. The lowest BCUT2D eigenvalue weighted by molar-refractivity contribution is -0.911. The lowest BCUT2D eigenvalue weighted by Crippen LogP contribution is -3.14. The van der Waals surface area contributed by atoms with Crippen molar-refractivity contribution in [2.75, 3.05) is 20.1 Å². The Bertz CT molecular complexity index is 178. The van der Waals surface area contributed by atoms with Crippen molar-refractivity contribution >= 4 is 11.6 Å². The summed E-state index contributed by atoms with van der Waals surface area (Å²) in [6.07, 6.45) is 0.832. The van der Waals surface area contributed by atoms with Gasteiger partial charge in [-0.3, -0.25) is 0 Å². The van der Waals surface area contributed by atoms with Crippen LogP contribution < -0.4 is 10.2 Å². The zero-order chi connectivity index (χ0) is 8.72. The molecule has 0 spiro atoms. The second-order valence-corrected chi connectivity index (χ2v) is 4.48. The number of fused-ring (bicyclic) bond motifs is 1. The van der Waals surface area contributed by atoms with Crippen molar-refractivity contribution in [1.82, 2.24) is 0 Å². The van der Waals surface area contributed by atoms with Crippen LogP contribution in [0.5, 0.6) is 0 Å². The molecule has 0 amide bonds. The number of alkyl halides is 1. The molecule has 2 rings (SSSR count). The van der Waals surface area contributed by atoms with Gasteiger partial charge in [0.25, 0.3) is 0 Å². The second kappa shape index (κ2) is 3.14. The topological polar surface area (TPSA) is 41.3 Å². The van der Waals surface area contributed by atoms with E-state index in [0.29, 0.717) is 12.1 Å². The number of rotatable bonds is 1. The van der Waals surface area contributed by atoms with Crippen LogP contribution >= 0.6 is 11.6 Å². The summed E-state index contributed by atoms with van der Waals surface area (Å²) in [5.41, 5.74) is 0. The number of hydrogen-bond acceptors (Lipinski definition) is 1. The smallest absolute Gasteiger partial charge is 0.168 e. The van der Waals surface area contributed by atoms with Gasteiger partial charge in [-0.25, -0.2) is 0 Å². The number of likely N-dealkylation sites (N-methyl/N-ethyl adjacent to an activating group) is 1. The van der Waals surface area contributed by atoms with Gasteiger partial charge in [0.05, 0.1) is 13.6 Å². The Morgan fingerprint density at radius 2 is 2.33 bits per heavy atom. The van der Waals surface area contributed by atoms with Crippen molar-refractivity contribution in [3.8, 4) is 0 Å². The molecule has 0 aliphatic carbocycles. The van der Waals surface area contributed by atoms with Crippen molar-refractivity contribution < 1.29 is 15.3 Å². The summed E-state index contributed by atoms with van der Waals surface area (Å²) in [7, 11) is 2.05. The van der Waals surface area contributed by atoms with E-state index in [1.165, 1.54) is 4.90 Å². The number of halogens is 1. The Balaban J connectivity index is 2.12. The zero-order valence-electron chi connectivity index (χ0n) is 7.33. The van der Waals surface area contributed by atoms with Gasteiger partial charge in [-0.15, -0.1) is 11.6 Å². The van der Waals surface area contributed by atoms with E-state index >= 15 is 0 Å². The first kappa shape index (κ1) is 8.75. The Kier molecular flexibility index (Phi) is 2.29. The summed E-state index contributed by atoms with van der Waals surface area (Å²) in [6.45, 7) is 2.12. The highest BCUT2D eigenvalue weighted by molar-refractivity contribution is 6.21. The monoisotopic (exact) mass is 192 g/mol. The average Bonchev–Trinajstić information content (AvgIpc) is 2.52. The number of hydrogen-bond donors (Lipinski definition) is 3. The van der Waals surface area contributed by atoms with Crippen molar-refractivity contribution in [1.29, 1.82) is 0 Å². The Labute approximate surface area is 77.7 Å². The number of aliphatic hydroxyl groups is 1. The maximum absolute atomic E-state index is 9.72. The summed E-state index contributed by atoms with van der Waals surface area (Å²) in [5.74, 6) is 0. The molecular weight excluding hydrogens is 176 g/mol. The van der Waals surface area contributed by atoms with Crippen LogP contribution in [-0.4, -0.2) is 48.8 Å². The SMILES string of the molecule is C[NH2+][C@@H]1[C@@H]2[C@H](O)CC[NH+]2C[C@@H]1Cl. The molecular formula is C8H17ClN2O+2. The van der Waals surface area contributed by atoms with Crippen molar-refractivity contribution in [2.45, 2.75) is 30.0 Å². The van der Waals surface area contributed by atoms with Crippen LogP contribution in [0.25, 0.3) is 0 Å². The first-order valence-corrected chi connectivity index (χ1v) is 5.14. The lowest BCUT2D eigenvalue weighted by Gasteiger charge is -2.16. The summed E-state index contributed by atoms with van der Waals surface area (Å²) < 4.78 is 0. The van der Waals surface area contributed by atoms with Gasteiger partial charge < -0.3 is 15.3 Å². The third-order valence-corrected chi connectivity index (χ3v) is 3.77. The Hall–Kier alpha value is 0.170. The van der Waals surface area contributed by atoms with Crippen LogP contribution in [-0.2, 0) is 0 Å². The fraction of sp³-hybridized carbons (Fsp3) is 1.00. The van der Waals surface area contributed by atoms with E-state index in [2.05, 4.69) is 5.32 Å². The van der Waals surface area contributed by atoms with E-state index in [1.54, 1.807) is 0 Å². The van der Waals surface area contributed by atoms with Crippen LogP contribution in [0, 0.1) is 0 Å². The lowest BCUT2D eigenvalue weighted by atomic mass is 10.0. The standard InChI is InChI=1S/C8H15ClN2O/c1-10-7-5(9)4-11-3-2-6(12)8(7)11/h5-8,10,12H,2-4H2,1H3/p+2/t5-,6+,7-,8-/m0/s1. The molecule has 2 aliphatic heterocycles. The minimum absolute atomic E-state index is 0.120. The molecule has 0 bridgehead atoms. The molecule has 2 fully saturated rings. The summed E-state index contributed by atoms with van der Waals surface area (Å²) >= 11 is 6.18. The predicted octanol–water partition coefficient (Wildman–Crippen LogP) is -2.81. The van der Waals surface area contributed by atoms with Gasteiger partial charge in [0.2, 0.25) is 0 Å². The van der Waals surface area contributed by atoms with E-state index in [1.807, 2.05) is 7.05 Å². The van der Waals surface area contributed by atoms with Gasteiger partial charge in [0, 0.05) is 6.42 Å². The maximum Gasteiger partial charge on any atom is 0.168 e. The number of nitrogens with one attached hydrogen (secondary N) is 1. The van der Waals surface area contributed by atoms with Crippen LogP contribution in [0.3, 0.4) is 0 Å². The fourth-order valence-corrected chi connectivity index (χ4v) is 3.25. The first-order chi connectivity index (χ1) is 5.74. The van der Waals surface area contributed by atoms with Crippen molar-refractivity contribution in [3.05, 3.63) is 0 Å². The number of nitrogens with two attached hydrogens (primary N) is 1. The molecule has 0 radical (unpaired) electrons. The van der Waals surface area contributed by atoms with E-state index in [9.17, 15) is 5.11 Å². The summed E-state index contributed by atoms with van der Waals surface area (Å²) in [5, 5.41) is 12.1. The molecule has 70 valence electrons. The van der Waals surface area contributed by atoms with Crippen LogP contribution in [0.1, 0.15) is 6.42 Å². The maximum atomic E-state index is 9.72. The molecule has 2 aliphatic rings. The first-order valence-electron chi connectivity index (χ1n) is 4.70. The average molecular weight is 193 g/mol. The van der Waals surface area contributed by atoms with E-state index in [0.717, 1.165) is 19.5 Å². The molecule has 1 unspecified atom stereocenters. The van der Waals surface area contributed by atoms with Crippen LogP contribution in [0.4, 0.5) is 0 Å². The molecule has 5 atom stereocenters. The predicted molar refractivity (Wildman–Crippen MR) is 46.4 cm³/mol. The van der Waals surface area contributed by atoms with E-state index in [4.69, 9.17) is 11.6 Å². The third kappa shape index (κ3) is 1.16. The highest BCUT2D eigenvalue weighted by Gasteiger charge is 2.53. The number of quaternary nitrogens is 2. The largest absolute Gasteiger partial charge is 0.386 e. The molecule has 12 heavy (non-hydrogen) atoms. The van der Waals surface area contributed by atoms with Gasteiger partial charge in [0.1, 0.15) is 18.0 Å². The van der Waals surface area contributed by atoms with Gasteiger partial charge in [0.15, 0.2) is 12.1 Å². The van der Waals surface area contributed by atoms with Gasteiger partial charge in [-0.1, -0.05) is 0 Å². The molecule has 0 aromatic heterocycles. The molecule has 2 saturated heterocycles. The summed E-state index contributed by atoms with van der Waals surface area (Å²) in [6, 6.07) is 0.802. The molecule has 4 N–H and O–H groups in total. The second-order valence-electron chi connectivity index (χ2n) is 3.92. The molecule has 2 heterocycles. The van der Waals surface area contributed by atoms with Crippen LogP contribution in [0.2, 0.25) is 0 Å². The minimum Gasteiger partial charge on any atom is -0.386 e. The van der Waals surface area contributed by atoms with Crippen molar-refractivity contribution in [2.24, 2.45) is 0 Å². The third-order valence-electron chi connectivity index (χ3n) is 3.32. The van der Waals surface area contributed by atoms with E-state index < -0.39 is 0 Å². The van der Waals surface area contributed by atoms with Gasteiger partial charge in [-0.2, -0.15) is 0 Å². The quantitative estimate of drug-likeness (QED) is 0.386. The fourth-order valence-electron chi connectivity index (χ4n) is 2.75. The van der Waals surface area contributed by atoms with Gasteiger partial charge in [-0.05, 0) is 0 Å². The highest BCUT2D eigenvalue weighted by Crippen LogP contribution is 2.15. The summed E-state index contributed by atoms with van der Waals surface area (Å²) in [4.78, 5) is 1.51. The molecule has 3 nitrogen and oxygen atoms in total. The van der Waals surface area contributed by atoms with Crippen LogP contribution in [0.15, 0.2) is 0 Å². The number of aliphatic hydroxyl groups excluding tert-OH is 1. The normalized spacial score (nSPS) is 52.8. The zero-order valence-corrected chi connectivity index (χ0v) is 8.09. The van der Waals surface area contributed by atoms with Crippen molar-refractivity contribution in [3.63, 3.8) is 0 Å². The molecule has 0 aromatic carbocycles. The minimum atomic E-state index is -0.120. The van der Waals surface area contributed by atoms with E-state index in [-0.39, 0.29) is 11.5 Å². The Morgan fingerprint density at radius 3 is 3.00 bits per heavy atom. The molecule has 0 aromatic rings. The Morgan fingerprint density at radius 1 is 1.58 bits per heavy atom.